The van der Waals surface area contributed by atoms with E-state index >= 15 is 0 Å². The van der Waals surface area contributed by atoms with E-state index in [0.29, 0.717) is 6.54 Å². The van der Waals surface area contributed by atoms with E-state index in [1.54, 1.807) is 24.3 Å². The molecule has 0 aliphatic rings. The monoisotopic (exact) mass is 205 g/mol. The highest BCUT2D eigenvalue weighted by atomic mass is 16.3. The molecule has 0 heterocycles. The third-order valence-corrected chi connectivity index (χ3v) is 1.92. The van der Waals surface area contributed by atoms with Gasteiger partial charge < -0.3 is 5.11 Å². The largest absolute Gasteiger partial charge is 0.389 e. The highest BCUT2D eigenvalue weighted by Gasteiger charge is 2.01. The van der Waals surface area contributed by atoms with Gasteiger partial charge in [0.2, 0.25) is 0 Å². The summed E-state index contributed by atoms with van der Waals surface area (Å²) < 4.78 is 0. The average molecular weight is 205 g/mol. The van der Waals surface area contributed by atoms with E-state index in [1.807, 2.05) is 0 Å². The molecule has 0 aliphatic heterocycles. The summed E-state index contributed by atoms with van der Waals surface area (Å²) in [6, 6.07) is 7.18. The molecule has 78 valence electrons. The molecular formula is C10H11N3O2. The first-order valence-electron chi connectivity index (χ1n) is 4.47. The molecule has 0 atom stereocenters. The van der Waals surface area contributed by atoms with Crippen molar-refractivity contribution in [3.8, 4) is 0 Å². The summed E-state index contributed by atoms with van der Waals surface area (Å²) in [5.41, 5.74) is 9.86. The minimum atomic E-state index is -0.430. The Labute approximate surface area is 87.0 Å². The first-order valence-corrected chi connectivity index (χ1v) is 4.47. The number of azide groups is 1. The fraction of sp³-hybridized carbons (Fsp3) is 0.300. The van der Waals surface area contributed by atoms with E-state index < -0.39 is 6.61 Å². The molecule has 0 unspecified atom stereocenters. The van der Waals surface area contributed by atoms with Crippen molar-refractivity contribution < 1.29 is 9.90 Å². The Balaban J connectivity index is 2.63. The van der Waals surface area contributed by atoms with Crippen LogP contribution in [0.25, 0.3) is 10.4 Å². The lowest BCUT2D eigenvalue weighted by atomic mass is 10.1. The number of aliphatic hydroxyl groups is 1. The van der Waals surface area contributed by atoms with Gasteiger partial charge in [0.1, 0.15) is 6.61 Å². The second-order valence-corrected chi connectivity index (χ2v) is 3.08. The third kappa shape index (κ3) is 3.81. The van der Waals surface area contributed by atoms with E-state index in [0.717, 1.165) is 11.1 Å². The summed E-state index contributed by atoms with van der Waals surface area (Å²) in [5, 5.41) is 12.0. The molecule has 0 bridgehead atoms. The van der Waals surface area contributed by atoms with Crippen LogP contribution in [0.1, 0.15) is 11.1 Å². The topological polar surface area (TPSA) is 86.1 Å². The molecule has 0 aromatic heterocycles. The number of carbonyl (C=O) groups is 1. The van der Waals surface area contributed by atoms with Crippen LogP contribution in [0.5, 0.6) is 0 Å². The highest BCUT2D eigenvalue weighted by Crippen LogP contribution is 2.06. The molecule has 5 nitrogen and oxygen atoms in total. The van der Waals surface area contributed by atoms with Crippen LogP contribution in [0.2, 0.25) is 0 Å². The maximum absolute atomic E-state index is 10.9. The van der Waals surface area contributed by atoms with E-state index in [1.165, 1.54) is 0 Å². The third-order valence-electron chi connectivity index (χ3n) is 1.92. The lowest BCUT2D eigenvalue weighted by molar-refractivity contribution is -0.121. The van der Waals surface area contributed by atoms with Gasteiger partial charge in [-0.15, -0.1) is 0 Å². The molecule has 15 heavy (non-hydrogen) atoms. The van der Waals surface area contributed by atoms with E-state index in [9.17, 15) is 4.79 Å². The number of hydrogen-bond acceptors (Lipinski definition) is 3. The van der Waals surface area contributed by atoms with Crippen LogP contribution in [0.15, 0.2) is 29.4 Å². The van der Waals surface area contributed by atoms with Crippen molar-refractivity contribution in [3.63, 3.8) is 0 Å². The predicted molar refractivity (Wildman–Crippen MR) is 55.1 cm³/mol. The number of ketones is 1. The lowest BCUT2D eigenvalue weighted by Gasteiger charge is -2.00. The Morgan fingerprint density at radius 3 is 2.47 bits per heavy atom. The Morgan fingerprint density at radius 2 is 1.93 bits per heavy atom. The summed E-state index contributed by atoms with van der Waals surface area (Å²) in [6.45, 7) is -0.120. The van der Waals surface area contributed by atoms with Gasteiger partial charge in [0.15, 0.2) is 5.78 Å². The number of hydrogen-bond donors (Lipinski definition) is 1. The molecule has 5 heteroatoms. The van der Waals surface area contributed by atoms with Crippen molar-refractivity contribution in [1.29, 1.82) is 0 Å². The zero-order valence-electron chi connectivity index (χ0n) is 8.13. The number of benzene rings is 1. The molecule has 1 rings (SSSR count). The standard InChI is InChI=1S/C10H11N3O2/c11-13-12-6-9-3-1-8(2-4-9)5-10(15)7-14/h1-4,14H,5-7H2. The molecule has 0 aliphatic carbocycles. The molecule has 0 saturated heterocycles. The van der Waals surface area contributed by atoms with Gasteiger partial charge in [0, 0.05) is 11.3 Å². The number of rotatable bonds is 5. The van der Waals surface area contributed by atoms with Gasteiger partial charge in [0.05, 0.1) is 6.54 Å². The molecule has 1 aromatic rings. The number of nitrogens with zero attached hydrogens (tertiary/aromatic N) is 3. The van der Waals surface area contributed by atoms with Crippen molar-refractivity contribution in [3.05, 3.63) is 45.8 Å². The van der Waals surface area contributed by atoms with Crippen LogP contribution in [-0.4, -0.2) is 17.5 Å². The lowest BCUT2D eigenvalue weighted by Crippen LogP contribution is -2.07. The van der Waals surface area contributed by atoms with Crippen LogP contribution in [-0.2, 0) is 17.8 Å². The highest BCUT2D eigenvalue weighted by molar-refractivity contribution is 5.81. The fourth-order valence-electron chi connectivity index (χ4n) is 1.16. The van der Waals surface area contributed by atoms with Crippen LogP contribution in [0.3, 0.4) is 0 Å². The molecule has 0 fully saturated rings. The van der Waals surface area contributed by atoms with Gasteiger partial charge in [-0.25, -0.2) is 0 Å². The van der Waals surface area contributed by atoms with Gasteiger partial charge in [-0.2, -0.15) is 0 Å². The number of Topliss-reactive ketones (excluding diaryl/α,β-unsaturated/α-hetero) is 1. The molecule has 1 N–H and O–H groups in total. The smallest absolute Gasteiger partial charge is 0.162 e. The molecular weight excluding hydrogens is 194 g/mol. The van der Waals surface area contributed by atoms with E-state index in [-0.39, 0.29) is 12.2 Å². The molecule has 0 amide bonds. The number of aliphatic hydroxyl groups excluding tert-OH is 1. The van der Waals surface area contributed by atoms with E-state index in [4.69, 9.17) is 10.6 Å². The van der Waals surface area contributed by atoms with Gasteiger partial charge >= 0.3 is 0 Å². The summed E-state index contributed by atoms with van der Waals surface area (Å²) in [5.74, 6) is -0.210. The summed E-state index contributed by atoms with van der Waals surface area (Å²) in [6.07, 6.45) is 0.234. The van der Waals surface area contributed by atoms with Crippen LogP contribution >= 0.6 is 0 Å². The zero-order chi connectivity index (χ0) is 11.1. The Morgan fingerprint density at radius 1 is 1.33 bits per heavy atom. The summed E-state index contributed by atoms with van der Waals surface area (Å²) in [7, 11) is 0. The second kappa shape index (κ2) is 5.80. The minimum Gasteiger partial charge on any atom is -0.389 e. The van der Waals surface area contributed by atoms with Gasteiger partial charge in [0.25, 0.3) is 0 Å². The predicted octanol–water partition coefficient (Wildman–Crippen LogP) is 1.60. The van der Waals surface area contributed by atoms with Crippen molar-refractivity contribution in [1.82, 2.24) is 0 Å². The van der Waals surface area contributed by atoms with Crippen molar-refractivity contribution >= 4 is 5.78 Å². The minimum absolute atomic E-state index is 0.210. The normalized spacial score (nSPS) is 9.40. The van der Waals surface area contributed by atoms with Crippen molar-refractivity contribution in [2.24, 2.45) is 5.11 Å². The van der Waals surface area contributed by atoms with Crippen LogP contribution in [0.4, 0.5) is 0 Å². The van der Waals surface area contributed by atoms with Crippen molar-refractivity contribution in [2.45, 2.75) is 13.0 Å². The summed E-state index contributed by atoms with van der Waals surface area (Å²) in [4.78, 5) is 13.6. The van der Waals surface area contributed by atoms with Crippen LogP contribution < -0.4 is 0 Å². The molecule has 1 aromatic carbocycles. The Kier molecular flexibility index (Phi) is 4.34. The quantitative estimate of drug-likeness (QED) is 0.449. The SMILES string of the molecule is [N-]=[N+]=NCc1ccc(CC(=O)CO)cc1. The second-order valence-electron chi connectivity index (χ2n) is 3.08. The molecule has 0 spiro atoms. The Hall–Kier alpha value is -1.84. The van der Waals surface area contributed by atoms with Crippen LogP contribution in [0, 0.1) is 0 Å². The fourth-order valence-corrected chi connectivity index (χ4v) is 1.16. The van der Waals surface area contributed by atoms with Crippen molar-refractivity contribution in [2.75, 3.05) is 6.61 Å². The summed E-state index contributed by atoms with van der Waals surface area (Å²) >= 11 is 0. The van der Waals surface area contributed by atoms with Gasteiger partial charge in [-0.3, -0.25) is 4.79 Å². The van der Waals surface area contributed by atoms with Gasteiger partial charge in [-0.1, -0.05) is 29.4 Å². The first kappa shape index (κ1) is 11.2. The average Bonchev–Trinajstić information content (AvgIpc) is 2.28. The van der Waals surface area contributed by atoms with Gasteiger partial charge in [-0.05, 0) is 16.7 Å². The molecule has 0 radical (unpaired) electrons. The maximum atomic E-state index is 10.9. The Bertz CT molecular complexity index is 380. The number of carbonyl (C=O) groups excluding carboxylic acids is 1. The van der Waals surface area contributed by atoms with E-state index in [2.05, 4.69) is 10.0 Å². The first-order chi connectivity index (χ1) is 7.26. The molecule has 0 saturated carbocycles. The maximum Gasteiger partial charge on any atom is 0.162 e. The zero-order valence-corrected chi connectivity index (χ0v) is 8.13.